The quantitative estimate of drug-likeness (QED) is 0.468. The zero-order valence-electron chi connectivity index (χ0n) is 13.8. The van der Waals surface area contributed by atoms with Crippen LogP contribution >= 0.6 is 0 Å². The van der Waals surface area contributed by atoms with Crippen molar-refractivity contribution in [2.75, 3.05) is 13.9 Å². The minimum absolute atomic E-state index is 0.202. The molecule has 3 nitrogen and oxygen atoms in total. The molecule has 0 atom stereocenters. The third-order valence-electron chi connectivity index (χ3n) is 4.76. The van der Waals surface area contributed by atoms with Crippen molar-refractivity contribution in [1.82, 2.24) is 0 Å². The van der Waals surface area contributed by atoms with Crippen LogP contribution in [0.3, 0.4) is 0 Å². The second kappa shape index (κ2) is 5.42. The third kappa shape index (κ3) is 2.13. The Morgan fingerprint density at radius 1 is 0.720 bits per heavy atom. The Kier molecular flexibility index (Phi) is 3.07. The average Bonchev–Trinajstić information content (AvgIpc) is 2.87. The van der Waals surface area contributed by atoms with Crippen LogP contribution in [0.4, 0.5) is 0 Å². The fourth-order valence-electron chi connectivity index (χ4n) is 3.57. The highest BCUT2D eigenvalue weighted by molar-refractivity contribution is 6.10. The molecule has 3 heteroatoms. The second-order valence-corrected chi connectivity index (χ2v) is 6.09. The second-order valence-electron chi connectivity index (χ2n) is 6.09. The summed E-state index contributed by atoms with van der Waals surface area (Å²) in [7, 11) is 1.69. The van der Waals surface area contributed by atoms with E-state index in [0.29, 0.717) is 0 Å². The standard InChI is InChI=1S/C22H16O3/c1-23-16-9-6-15-8-11-20-22(18(15)12-16)21-17-5-3-2-4-14(17)7-10-19(21)24-13-25-20/h2-12H,13H2,1H3. The van der Waals surface area contributed by atoms with Gasteiger partial charge in [0.15, 0.2) is 0 Å². The fraction of sp³-hybridized carbons (Fsp3) is 0.0909. The Balaban J connectivity index is 1.97. The van der Waals surface area contributed by atoms with Crippen molar-refractivity contribution in [3.05, 3.63) is 66.7 Å². The van der Waals surface area contributed by atoms with E-state index in [1.54, 1.807) is 7.11 Å². The van der Waals surface area contributed by atoms with Crippen LogP contribution in [-0.2, 0) is 0 Å². The molecule has 0 saturated carbocycles. The number of hydrogen-bond acceptors (Lipinski definition) is 3. The molecule has 0 aliphatic carbocycles. The van der Waals surface area contributed by atoms with Crippen LogP contribution in [-0.4, -0.2) is 13.9 Å². The molecule has 0 radical (unpaired) electrons. The van der Waals surface area contributed by atoms with E-state index in [-0.39, 0.29) is 6.79 Å². The van der Waals surface area contributed by atoms with E-state index in [2.05, 4.69) is 48.5 Å². The van der Waals surface area contributed by atoms with Gasteiger partial charge < -0.3 is 14.2 Å². The van der Waals surface area contributed by atoms with Gasteiger partial charge in [-0.3, -0.25) is 0 Å². The minimum Gasteiger partial charge on any atom is -0.497 e. The van der Waals surface area contributed by atoms with E-state index in [0.717, 1.165) is 44.5 Å². The van der Waals surface area contributed by atoms with Crippen LogP contribution in [0.1, 0.15) is 0 Å². The van der Waals surface area contributed by atoms with Gasteiger partial charge in [0.2, 0.25) is 6.79 Å². The lowest BCUT2D eigenvalue weighted by Gasteiger charge is -2.14. The molecule has 0 unspecified atom stereocenters. The molecular weight excluding hydrogens is 312 g/mol. The van der Waals surface area contributed by atoms with Crippen LogP contribution in [0.5, 0.6) is 17.2 Å². The highest BCUT2D eigenvalue weighted by atomic mass is 16.7. The van der Waals surface area contributed by atoms with Gasteiger partial charge in [-0.05, 0) is 45.8 Å². The number of ether oxygens (including phenoxy) is 3. The Bertz CT molecular complexity index is 1110. The average molecular weight is 328 g/mol. The van der Waals surface area contributed by atoms with Gasteiger partial charge in [0.1, 0.15) is 17.2 Å². The van der Waals surface area contributed by atoms with Gasteiger partial charge in [0, 0.05) is 11.1 Å². The maximum Gasteiger partial charge on any atom is 0.230 e. The summed E-state index contributed by atoms with van der Waals surface area (Å²) in [6, 6.07) is 22.7. The Labute approximate surface area is 145 Å². The first-order valence-electron chi connectivity index (χ1n) is 8.23. The Hall–Kier alpha value is -3.20. The lowest BCUT2D eigenvalue weighted by Crippen LogP contribution is -2.03. The first kappa shape index (κ1) is 14.2. The molecule has 0 aromatic heterocycles. The molecule has 5 rings (SSSR count). The fourth-order valence-corrected chi connectivity index (χ4v) is 3.57. The topological polar surface area (TPSA) is 27.7 Å². The van der Waals surface area contributed by atoms with Crippen LogP contribution in [0.2, 0.25) is 0 Å². The maximum atomic E-state index is 5.90. The molecule has 1 aliphatic rings. The summed E-state index contributed by atoms with van der Waals surface area (Å²) in [5.41, 5.74) is 2.13. The molecule has 0 saturated heterocycles. The molecule has 4 aromatic rings. The van der Waals surface area contributed by atoms with Crippen molar-refractivity contribution >= 4 is 21.5 Å². The van der Waals surface area contributed by atoms with Gasteiger partial charge in [-0.15, -0.1) is 0 Å². The van der Waals surface area contributed by atoms with Crippen LogP contribution in [0.15, 0.2) is 66.7 Å². The highest BCUT2D eigenvalue weighted by Gasteiger charge is 2.21. The lowest BCUT2D eigenvalue weighted by molar-refractivity contribution is 0.125. The predicted octanol–water partition coefficient (Wildman–Crippen LogP) is 5.40. The molecule has 1 aliphatic heterocycles. The predicted molar refractivity (Wildman–Crippen MR) is 99.6 cm³/mol. The molecule has 122 valence electrons. The molecular formula is C22H16O3. The number of benzene rings is 4. The summed E-state index contributed by atoms with van der Waals surface area (Å²) < 4.78 is 17.2. The Morgan fingerprint density at radius 2 is 1.36 bits per heavy atom. The first-order valence-corrected chi connectivity index (χ1v) is 8.23. The normalized spacial score (nSPS) is 12.7. The molecule has 0 N–H and O–H groups in total. The highest BCUT2D eigenvalue weighted by Crippen LogP contribution is 2.47. The number of fused-ring (bicyclic) bond motifs is 7. The lowest BCUT2D eigenvalue weighted by atomic mass is 9.92. The van der Waals surface area contributed by atoms with Gasteiger partial charge in [0.25, 0.3) is 0 Å². The third-order valence-corrected chi connectivity index (χ3v) is 4.76. The summed E-state index contributed by atoms with van der Waals surface area (Å²) in [6.07, 6.45) is 0. The van der Waals surface area contributed by atoms with E-state index < -0.39 is 0 Å². The van der Waals surface area contributed by atoms with Crippen molar-refractivity contribution in [3.63, 3.8) is 0 Å². The van der Waals surface area contributed by atoms with E-state index in [4.69, 9.17) is 14.2 Å². The van der Waals surface area contributed by atoms with Gasteiger partial charge in [-0.1, -0.05) is 42.5 Å². The molecule has 1 heterocycles. The zero-order chi connectivity index (χ0) is 16.8. The summed E-state index contributed by atoms with van der Waals surface area (Å²) in [5.74, 6) is 2.50. The smallest absolute Gasteiger partial charge is 0.230 e. The van der Waals surface area contributed by atoms with Gasteiger partial charge in [-0.2, -0.15) is 0 Å². The molecule has 0 bridgehead atoms. The molecule has 4 aromatic carbocycles. The van der Waals surface area contributed by atoms with Crippen molar-refractivity contribution < 1.29 is 14.2 Å². The molecule has 25 heavy (non-hydrogen) atoms. The summed E-state index contributed by atoms with van der Waals surface area (Å²) in [6.45, 7) is 0.202. The molecule has 0 fully saturated rings. The van der Waals surface area contributed by atoms with Crippen molar-refractivity contribution in [3.8, 4) is 28.4 Å². The minimum atomic E-state index is 0.202. The van der Waals surface area contributed by atoms with Gasteiger partial charge in [0.05, 0.1) is 7.11 Å². The van der Waals surface area contributed by atoms with Crippen molar-refractivity contribution in [2.24, 2.45) is 0 Å². The SMILES string of the molecule is COc1ccc2ccc3c(c2c1)-c1c(ccc2ccccc12)OCO3. The van der Waals surface area contributed by atoms with E-state index in [1.807, 2.05) is 18.2 Å². The maximum absolute atomic E-state index is 5.90. The molecule has 0 amide bonds. The van der Waals surface area contributed by atoms with Crippen LogP contribution in [0, 0.1) is 0 Å². The van der Waals surface area contributed by atoms with E-state index in [9.17, 15) is 0 Å². The van der Waals surface area contributed by atoms with Crippen molar-refractivity contribution in [2.45, 2.75) is 0 Å². The molecule has 0 spiro atoms. The first-order chi connectivity index (χ1) is 12.3. The van der Waals surface area contributed by atoms with Crippen molar-refractivity contribution in [1.29, 1.82) is 0 Å². The van der Waals surface area contributed by atoms with Crippen LogP contribution < -0.4 is 14.2 Å². The number of rotatable bonds is 1. The Morgan fingerprint density at radius 3 is 2.12 bits per heavy atom. The van der Waals surface area contributed by atoms with Gasteiger partial charge in [-0.25, -0.2) is 0 Å². The van der Waals surface area contributed by atoms with Crippen LogP contribution in [0.25, 0.3) is 32.7 Å². The largest absolute Gasteiger partial charge is 0.497 e. The van der Waals surface area contributed by atoms with E-state index in [1.165, 1.54) is 5.39 Å². The van der Waals surface area contributed by atoms with E-state index >= 15 is 0 Å². The number of methoxy groups -OCH3 is 1. The summed E-state index contributed by atoms with van der Waals surface area (Å²) >= 11 is 0. The number of hydrogen-bond donors (Lipinski definition) is 0. The van der Waals surface area contributed by atoms with Gasteiger partial charge >= 0.3 is 0 Å². The zero-order valence-corrected chi connectivity index (χ0v) is 13.8. The summed E-state index contributed by atoms with van der Waals surface area (Å²) in [5, 5.41) is 4.57. The summed E-state index contributed by atoms with van der Waals surface area (Å²) in [4.78, 5) is 0. The monoisotopic (exact) mass is 328 g/mol.